The Morgan fingerprint density at radius 2 is 1.96 bits per heavy atom. The monoisotopic (exact) mass is 326 g/mol. The van der Waals surface area contributed by atoms with E-state index < -0.39 is 5.60 Å². The molecule has 0 aliphatic heterocycles. The molecule has 0 fully saturated rings. The maximum absolute atomic E-state index is 10.4. The van der Waals surface area contributed by atoms with Crippen molar-refractivity contribution >= 4 is 6.08 Å². The summed E-state index contributed by atoms with van der Waals surface area (Å²) in [6.07, 6.45) is 20.3. The Balaban J connectivity index is 1.72. The van der Waals surface area contributed by atoms with Crippen molar-refractivity contribution in [2.45, 2.75) is 45.1 Å². The first-order valence-electron chi connectivity index (χ1n) is 8.31. The second-order valence-electron chi connectivity index (χ2n) is 6.35. The minimum atomic E-state index is -0.836. The van der Waals surface area contributed by atoms with Gasteiger partial charge in [0, 0.05) is 5.56 Å². The highest BCUT2D eigenvalue weighted by Crippen LogP contribution is 2.15. The highest BCUT2D eigenvalue weighted by Gasteiger charge is 2.13. The molecule has 2 heterocycles. The van der Waals surface area contributed by atoms with Crippen molar-refractivity contribution in [1.29, 1.82) is 0 Å². The summed E-state index contributed by atoms with van der Waals surface area (Å²) in [7, 11) is 0. The van der Waals surface area contributed by atoms with E-state index >= 15 is 0 Å². The fourth-order valence-electron chi connectivity index (χ4n) is 2.37. The standard InChI is InChI=1S/C21H26O3/c1-18(6-3-8-19-10-14-23-16-19)7-4-12-21(2,22)13-5-9-20-11-15-24-17-20/h4-6,9-12,14-17,22H,3,7-8,13H2,1-2H3. The average Bonchev–Trinajstić information content (AvgIpc) is 3.20. The summed E-state index contributed by atoms with van der Waals surface area (Å²) in [6.45, 7) is 3.94. The molecule has 24 heavy (non-hydrogen) atoms. The Bertz CT molecular complexity index is 656. The topological polar surface area (TPSA) is 46.5 Å². The zero-order chi connectivity index (χ0) is 17.3. The molecule has 0 bridgehead atoms. The molecule has 0 amide bonds. The quantitative estimate of drug-likeness (QED) is 0.614. The van der Waals surface area contributed by atoms with E-state index in [1.807, 2.05) is 43.4 Å². The van der Waals surface area contributed by atoms with Gasteiger partial charge in [0.2, 0.25) is 0 Å². The molecule has 0 radical (unpaired) electrons. The molecule has 1 atom stereocenters. The lowest BCUT2D eigenvalue weighted by Gasteiger charge is -2.16. The highest BCUT2D eigenvalue weighted by atomic mass is 16.3. The third-order valence-electron chi connectivity index (χ3n) is 3.81. The van der Waals surface area contributed by atoms with Gasteiger partial charge in [-0.3, -0.25) is 0 Å². The maximum atomic E-state index is 10.4. The highest BCUT2D eigenvalue weighted by molar-refractivity contribution is 5.47. The van der Waals surface area contributed by atoms with Crippen LogP contribution in [0.1, 0.15) is 44.2 Å². The average molecular weight is 326 g/mol. The summed E-state index contributed by atoms with van der Waals surface area (Å²) in [5.41, 5.74) is 2.70. The Morgan fingerprint density at radius 1 is 1.17 bits per heavy atom. The fraction of sp³-hybridized carbons (Fsp3) is 0.333. The number of allylic oxidation sites excluding steroid dienone is 3. The molecule has 2 rings (SSSR count). The second-order valence-corrected chi connectivity index (χ2v) is 6.35. The van der Waals surface area contributed by atoms with Gasteiger partial charge >= 0.3 is 0 Å². The van der Waals surface area contributed by atoms with Gasteiger partial charge in [-0.2, -0.15) is 0 Å². The van der Waals surface area contributed by atoms with E-state index in [-0.39, 0.29) is 0 Å². The number of hydrogen-bond donors (Lipinski definition) is 1. The number of aliphatic hydroxyl groups is 1. The lowest BCUT2D eigenvalue weighted by Crippen LogP contribution is -2.19. The van der Waals surface area contributed by atoms with Crippen molar-refractivity contribution in [2.75, 3.05) is 0 Å². The maximum Gasteiger partial charge on any atom is 0.0974 e. The van der Waals surface area contributed by atoms with Gasteiger partial charge in [-0.15, -0.1) is 0 Å². The van der Waals surface area contributed by atoms with Gasteiger partial charge in [0.05, 0.1) is 30.7 Å². The van der Waals surface area contributed by atoms with Crippen LogP contribution in [0.2, 0.25) is 0 Å². The van der Waals surface area contributed by atoms with E-state index in [4.69, 9.17) is 8.83 Å². The normalized spacial score (nSPS) is 15.4. The summed E-state index contributed by atoms with van der Waals surface area (Å²) < 4.78 is 10.1. The van der Waals surface area contributed by atoms with Crippen molar-refractivity contribution < 1.29 is 13.9 Å². The minimum Gasteiger partial charge on any atom is -0.472 e. The third kappa shape index (κ3) is 6.88. The van der Waals surface area contributed by atoms with Crippen molar-refractivity contribution in [1.82, 2.24) is 0 Å². The number of furan rings is 2. The van der Waals surface area contributed by atoms with Crippen molar-refractivity contribution in [3.8, 4) is 0 Å². The molecular formula is C21H26O3. The van der Waals surface area contributed by atoms with E-state index in [9.17, 15) is 5.11 Å². The van der Waals surface area contributed by atoms with Gasteiger partial charge in [0.25, 0.3) is 0 Å². The zero-order valence-corrected chi connectivity index (χ0v) is 14.4. The van der Waals surface area contributed by atoms with Crippen LogP contribution < -0.4 is 0 Å². The Kier molecular flexibility index (Phi) is 6.89. The van der Waals surface area contributed by atoms with Crippen LogP contribution in [0.5, 0.6) is 0 Å². The Labute approximate surface area is 144 Å². The number of hydrogen-bond acceptors (Lipinski definition) is 3. The molecule has 1 N–H and O–H groups in total. The summed E-state index contributed by atoms with van der Waals surface area (Å²) in [5, 5.41) is 10.4. The SMILES string of the molecule is CC(=CCCc1ccoc1)CC=CC(C)(O)CC=Cc1ccoc1. The van der Waals surface area contributed by atoms with Gasteiger partial charge in [0.15, 0.2) is 0 Å². The van der Waals surface area contributed by atoms with Gasteiger partial charge in [-0.25, -0.2) is 0 Å². The van der Waals surface area contributed by atoms with Crippen LogP contribution in [0, 0.1) is 0 Å². The fourth-order valence-corrected chi connectivity index (χ4v) is 2.37. The molecule has 128 valence electrons. The molecule has 3 nitrogen and oxygen atoms in total. The minimum absolute atomic E-state index is 0.567. The summed E-state index contributed by atoms with van der Waals surface area (Å²) in [6, 6.07) is 3.88. The lowest BCUT2D eigenvalue weighted by atomic mass is 10.00. The van der Waals surface area contributed by atoms with Crippen LogP contribution in [0.3, 0.4) is 0 Å². The van der Waals surface area contributed by atoms with Crippen LogP contribution in [0.15, 0.2) is 75.9 Å². The van der Waals surface area contributed by atoms with Gasteiger partial charge in [-0.05, 0) is 57.2 Å². The summed E-state index contributed by atoms with van der Waals surface area (Å²) in [5.74, 6) is 0. The second kappa shape index (κ2) is 9.14. The van der Waals surface area contributed by atoms with Crippen LogP contribution in [0.25, 0.3) is 6.08 Å². The number of rotatable bonds is 9. The van der Waals surface area contributed by atoms with Crippen LogP contribution in [-0.4, -0.2) is 10.7 Å². The molecule has 0 saturated heterocycles. The van der Waals surface area contributed by atoms with Crippen LogP contribution >= 0.6 is 0 Å². The summed E-state index contributed by atoms with van der Waals surface area (Å²) in [4.78, 5) is 0. The van der Waals surface area contributed by atoms with Gasteiger partial charge < -0.3 is 13.9 Å². The Hall–Kier alpha value is -2.26. The van der Waals surface area contributed by atoms with Crippen LogP contribution in [0.4, 0.5) is 0 Å². The first-order valence-corrected chi connectivity index (χ1v) is 8.31. The van der Waals surface area contributed by atoms with Crippen molar-refractivity contribution in [3.05, 3.63) is 78.2 Å². The van der Waals surface area contributed by atoms with Gasteiger partial charge in [0.1, 0.15) is 0 Å². The summed E-state index contributed by atoms with van der Waals surface area (Å²) >= 11 is 0. The molecule has 2 aromatic heterocycles. The molecule has 0 aromatic carbocycles. The number of aryl methyl sites for hydroxylation is 1. The molecule has 0 spiro atoms. The van der Waals surface area contributed by atoms with E-state index in [1.165, 1.54) is 11.1 Å². The molecule has 2 aromatic rings. The van der Waals surface area contributed by atoms with E-state index in [0.717, 1.165) is 24.8 Å². The van der Waals surface area contributed by atoms with E-state index in [0.29, 0.717) is 6.42 Å². The zero-order valence-electron chi connectivity index (χ0n) is 14.4. The molecule has 3 heteroatoms. The predicted octanol–water partition coefficient (Wildman–Crippen LogP) is 5.55. The molecule has 0 aliphatic carbocycles. The van der Waals surface area contributed by atoms with E-state index in [2.05, 4.69) is 13.0 Å². The van der Waals surface area contributed by atoms with Gasteiger partial charge in [-0.1, -0.05) is 36.0 Å². The first kappa shape index (κ1) is 18.1. The van der Waals surface area contributed by atoms with Crippen LogP contribution in [-0.2, 0) is 6.42 Å². The lowest BCUT2D eigenvalue weighted by molar-refractivity contribution is 0.115. The molecule has 0 aliphatic rings. The Morgan fingerprint density at radius 3 is 2.67 bits per heavy atom. The van der Waals surface area contributed by atoms with Crippen molar-refractivity contribution in [3.63, 3.8) is 0 Å². The van der Waals surface area contributed by atoms with E-state index in [1.54, 1.807) is 25.1 Å². The largest absolute Gasteiger partial charge is 0.472 e. The molecule has 0 saturated carbocycles. The first-order chi connectivity index (χ1) is 11.6. The third-order valence-corrected chi connectivity index (χ3v) is 3.81. The molecule has 1 unspecified atom stereocenters. The smallest absolute Gasteiger partial charge is 0.0974 e. The predicted molar refractivity (Wildman–Crippen MR) is 97.5 cm³/mol. The molecular weight excluding hydrogens is 300 g/mol. The van der Waals surface area contributed by atoms with Crippen molar-refractivity contribution in [2.24, 2.45) is 0 Å².